The van der Waals surface area contributed by atoms with Crippen molar-refractivity contribution in [2.45, 2.75) is 39.6 Å². The molecule has 0 aliphatic carbocycles. The largest absolute Gasteiger partial charge is 0.477 e. The number of carboxylic acid groups (broad SMARTS) is 1. The fourth-order valence-corrected chi connectivity index (χ4v) is 3.58. The van der Waals surface area contributed by atoms with E-state index in [1.54, 1.807) is 12.1 Å². The minimum absolute atomic E-state index is 0.000304. The second-order valence-electron chi connectivity index (χ2n) is 5.85. The van der Waals surface area contributed by atoms with Crippen molar-refractivity contribution in [2.24, 2.45) is 0 Å². The summed E-state index contributed by atoms with van der Waals surface area (Å²) < 4.78 is 0.360. The van der Waals surface area contributed by atoms with E-state index >= 15 is 0 Å². The molecule has 0 atom stereocenters. The highest BCUT2D eigenvalue weighted by atomic mass is 79.9. The molecular formula is C18H23BrN2O5. The quantitative estimate of drug-likeness (QED) is 0.342. The molecule has 0 saturated carbocycles. The van der Waals surface area contributed by atoms with Crippen LogP contribution in [0.4, 0.5) is 5.82 Å². The van der Waals surface area contributed by atoms with Crippen LogP contribution in [0, 0.1) is 0 Å². The number of aliphatic hydroxyl groups excluding tert-OH is 3. The molecule has 142 valence electrons. The van der Waals surface area contributed by atoms with Crippen LogP contribution in [0.2, 0.25) is 0 Å². The maximum atomic E-state index is 11.5. The van der Waals surface area contributed by atoms with Crippen LogP contribution in [0.15, 0.2) is 16.6 Å². The summed E-state index contributed by atoms with van der Waals surface area (Å²) in [5, 5.41) is 41.6. The van der Waals surface area contributed by atoms with Crippen molar-refractivity contribution < 1.29 is 25.2 Å². The Balaban J connectivity index is 2.68. The van der Waals surface area contributed by atoms with Gasteiger partial charge < -0.3 is 30.7 Å². The number of carbonyl (C=O) groups is 1. The molecule has 26 heavy (non-hydrogen) atoms. The van der Waals surface area contributed by atoms with Gasteiger partial charge in [-0.1, -0.05) is 25.5 Å². The molecule has 0 spiro atoms. The van der Waals surface area contributed by atoms with E-state index in [1.165, 1.54) is 0 Å². The number of aliphatic hydroxyl groups is 3. The normalized spacial score (nSPS) is 11.0. The van der Waals surface area contributed by atoms with Crippen molar-refractivity contribution in [3.8, 4) is 11.1 Å². The van der Waals surface area contributed by atoms with Gasteiger partial charge in [0.15, 0.2) is 0 Å². The summed E-state index contributed by atoms with van der Waals surface area (Å²) in [5.74, 6) is -0.584. The highest BCUT2D eigenvalue weighted by molar-refractivity contribution is 9.10. The van der Waals surface area contributed by atoms with Crippen molar-refractivity contribution in [2.75, 3.05) is 11.9 Å². The monoisotopic (exact) mass is 426 g/mol. The summed E-state index contributed by atoms with van der Waals surface area (Å²) in [6, 6.07) is 3.37. The molecule has 7 nitrogen and oxygen atoms in total. The van der Waals surface area contributed by atoms with Gasteiger partial charge in [0, 0.05) is 12.1 Å². The molecule has 0 unspecified atom stereocenters. The molecule has 1 aromatic heterocycles. The second-order valence-corrected chi connectivity index (χ2v) is 6.65. The minimum Gasteiger partial charge on any atom is -0.477 e. The van der Waals surface area contributed by atoms with Gasteiger partial charge in [-0.15, -0.1) is 0 Å². The maximum absolute atomic E-state index is 11.5. The number of aromatic carboxylic acids is 1. The van der Waals surface area contributed by atoms with E-state index in [2.05, 4.69) is 33.2 Å². The third-order valence-corrected chi connectivity index (χ3v) is 5.06. The van der Waals surface area contributed by atoms with Crippen LogP contribution in [-0.2, 0) is 19.8 Å². The molecule has 1 aromatic carbocycles. The van der Waals surface area contributed by atoms with Gasteiger partial charge in [-0.3, -0.25) is 0 Å². The standard InChI is InChI=1S/C18H23BrN2O5/c1-2-3-6-20-17-14(15(19)16(21-17)18(25)26)11-5-4-10(7-22)12(8-23)13(11)9-24/h4-5,20-24H,2-3,6-9H2,1H3,(H,25,26). The van der Waals surface area contributed by atoms with E-state index < -0.39 is 5.97 Å². The predicted octanol–water partition coefficient (Wildman–Crippen LogP) is 2.83. The Morgan fingerprint density at radius 2 is 1.85 bits per heavy atom. The Morgan fingerprint density at radius 3 is 2.38 bits per heavy atom. The zero-order valence-electron chi connectivity index (χ0n) is 14.5. The molecule has 2 rings (SSSR count). The van der Waals surface area contributed by atoms with Crippen LogP contribution < -0.4 is 5.32 Å². The number of aromatic nitrogens is 1. The number of rotatable bonds is 9. The zero-order valence-corrected chi connectivity index (χ0v) is 16.1. The lowest BCUT2D eigenvalue weighted by molar-refractivity contribution is 0.0690. The molecule has 0 aliphatic heterocycles. The Morgan fingerprint density at radius 1 is 1.15 bits per heavy atom. The first-order chi connectivity index (χ1) is 12.5. The van der Waals surface area contributed by atoms with Crippen LogP contribution in [0.5, 0.6) is 0 Å². The topological polar surface area (TPSA) is 126 Å². The van der Waals surface area contributed by atoms with Crippen LogP contribution in [0.25, 0.3) is 11.1 Å². The summed E-state index contributed by atoms with van der Waals surface area (Å²) in [5.41, 5.74) is 2.57. The second kappa shape index (κ2) is 9.18. The van der Waals surface area contributed by atoms with Gasteiger partial charge in [-0.05, 0) is 44.6 Å². The fraction of sp³-hybridized carbons (Fsp3) is 0.389. The van der Waals surface area contributed by atoms with Crippen molar-refractivity contribution >= 4 is 27.7 Å². The van der Waals surface area contributed by atoms with E-state index in [1.807, 2.05) is 0 Å². The molecule has 8 heteroatoms. The molecular weight excluding hydrogens is 404 g/mol. The van der Waals surface area contributed by atoms with Gasteiger partial charge in [-0.25, -0.2) is 4.79 Å². The van der Waals surface area contributed by atoms with E-state index in [0.717, 1.165) is 12.8 Å². The number of aromatic amines is 1. The van der Waals surface area contributed by atoms with Gasteiger partial charge in [0.25, 0.3) is 0 Å². The average molecular weight is 427 g/mol. The van der Waals surface area contributed by atoms with E-state index in [4.69, 9.17) is 0 Å². The number of carboxylic acids is 1. The summed E-state index contributed by atoms with van der Waals surface area (Å²) in [7, 11) is 0. The molecule has 0 bridgehead atoms. The molecule has 0 fully saturated rings. The molecule has 2 aromatic rings. The Bertz CT molecular complexity index is 788. The molecule has 6 N–H and O–H groups in total. The number of halogens is 1. The van der Waals surface area contributed by atoms with Crippen molar-refractivity contribution in [3.63, 3.8) is 0 Å². The SMILES string of the molecule is CCCCNc1[nH]c(C(=O)O)c(Br)c1-c1ccc(CO)c(CO)c1CO. The van der Waals surface area contributed by atoms with E-state index in [-0.39, 0.29) is 25.5 Å². The smallest absolute Gasteiger partial charge is 0.353 e. The summed E-state index contributed by atoms with van der Waals surface area (Å²) in [4.78, 5) is 14.4. The minimum atomic E-state index is -1.11. The van der Waals surface area contributed by atoms with Crippen LogP contribution in [0.3, 0.4) is 0 Å². The molecule has 0 amide bonds. The van der Waals surface area contributed by atoms with Crippen molar-refractivity contribution in [3.05, 3.63) is 39.0 Å². The number of hydrogen-bond donors (Lipinski definition) is 6. The predicted molar refractivity (Wildman–Crippen MR) is 102 cm³/mol. The Labute approximate surface area is 159 Å². The first kappa shape index (κ1) is 20.4. The van der Waals surface area contributed by atoms with Gasteiger partial charge >= 0.3 is 5.97 Å². The number of anilines is 1. The summed E-state index contributed by atoms with van der Waals surface area (Å²) >= 11 is 3.35. The average Bonchev–Trinajstić information content (AvgIpc) is 2.96. The lowest BCUT2D eigenvalue weighted by atomic mass is 9.93. The number of H-pyrrole nitrogens is 1. The third kappa shape index (κ3) is 3.93. The van der Waals surface area contributed by atoms with Gasteiger partial charge in [-0.2, -0.15) is 0 Å². The van der Waals surface area contributed by atoms with Crippen molar-refractivity contribution in [1.82, 2.24) is 4.98 Å². The van der Waals surface area contributed by atoms with Crippen molar-refractivity contribution in [1.29, 1.82) is 0 Å². The molecule has 0 saturated heterocycles. The highest BCUT2D eigenvalue weighted by Crippen LogP contribution is 2.41. The lowest BCUT2D eigenvalue weighted by Gasteiger charge is -2.17. The highest BCUT2D eigenvalue weighted by Gasteiger charge is 2.24. The fourth-order valence-electron chi connectivity index (χ4n) is 2.90. The Kier molecular flexibility index (Phi) is 7.22. The number of nitrogens with one attached hydrogen (secondary N) is 2. The van der Waals surface area contributed by atoms with E-state index in [0.29, 0.717) is 44.7 Å². The Hall–Kier alpha value is -1.87. The van der Waals surface area contributed by atoms with Crippen LogP contribution >= 0.6 is 15.9 Å². The van der Waals surface area contributed by atoms with Gasteiger partial charge in [0.05, 0.1) is 24.3 Å². The maximum Gasteiger partial charge on any atom is 0.353 e. The first-order valence-electron chi connectivity index (χ1n) is 8.35. The molecule has 1 heterocycles. The van der Waals surface area contributed by atoms with Crippen LogP contribution in [0.1, 0.15) is 46.9 Å². The lowest BCUT2D eigenvalue weighted by Crippen LogP contribution is -2.06. The molecule has 0 radical (unpaired) electrons. The van der Waals surface area contributed by atoms with Gasteiger partial charge in [0.1, 0.15) is 11.5 Å². The number of hydrogen-bond acceptors (Lipinski definition) is 5. The summed E-state index contributed by atoms with van der Waals surface area (Å²) in [6.45, 7) is 1.76. The number of unbranched alkanes of at least 4 members (excludes halogenated alkanes) is 1. The number of benzene rings is 1. The van der Waals surface area contributed by atoms with Gasteiger partial charge in [0.2, 0.25) is 0 Å². The zero-order chi connectivity index (χ0) is 19.3. The first-order valence-corrected chi connectivity index (χ1v) is 9.14. The van der Waals surface area contributed by atoms with E-state index in [9.17, 15) is 25.2 Å². The molecule has 0 aliphatic rings. The van der Waals surface area contributed by atoms with Crippen LogP contribution in [-0.4, -0.2) is 37.9 Å². The third-order valence-electron chi connectivity index (χ3n) is 4.27. The summed E-state index contributed by atoms with van der Waals surface area (Å²) in [6.07, 6.45) is 1.90.